The van der Waals surface area contributed by atoms with Crippen molar-refractivity contribution in [3.05, 3.63) is 200 Å². The van der Waals surface area contributed by atoms with Crippen molar-refractivity contribution >= 4 is 76.4 Å². The van der Waals surface area contributed by atoms with Crippen LogP contribution in [0.15, 0.2) is 140 Å². The number of aliphatic hydroxyl groups is 1. The van der Waals surface area contributed by atoms with Gasteiger partial charge in [0.1, 0.15) is 82.6 Å². The van der Waals surface area contributed by atoms with Crippen LogP contribution < -0.4 is 56.6 Å². The van der Waals surface area contributed by atoms with Crippen LogP contribution in [0.4, 0.5) is 0 Å². The van der Waals surface area contributed by atoms with Crippen LogP contribution in [0.1, 0.15) is 109 Å². The van der Waals surface area contributed by atoms with Crippen molar-refractivity contribution in [1.29, 1.82) is 0 Å². The van der Waals surface area contributed by atoms with Crippen LogP contribution in [0.3, 0.4) is 0 Å². The number of phenolic OH excluding ortho intramolecular Hbond substituents is 5. The molecule has 8 aromatic rings. The van der Waals surface area contributed by atoms with Gasteiger partial charge in [0, 0.05) is 41.8 Å². The molecular weight excluding hydrogens is 1360 g/mol. The van der Waals surface area contributed by atoms with E-state index in [0.717, 1.165) is 54.5 Å². The third-order valence-electron chi connectivity index (χ3n) is 17.5. The van der Waals surface area contributed by atoms with Gasteiger partial charge in [-0.1, -0.05) is 59.6 Å². The summed E-state index contributed by atoms with van der Waals surface area (Å²) in [4.78, 5) is 134. The fourth-order valence-corrected chi connectivity index (χ4v) is 12.9. The summed E-state index contributed by atoms with van der Waals surface area (Å²) in [5.41, 5.74) is 5.32. The van der Waals surface area contributed by atoms with Gasteiger partial charge in [-0.3, -0.25) is 43.3 Å². The number of phenols is 5. The first-order chi connectivity index (χ1) is 48.4. The van der Waals surface area contributed by atoms with Gasteiger partial charge in [0.25, 0.3) is 11.8 Å². The van der Waals surface area contributed by atoms with E-state index in [4.69, 9.17) is 52.6 Å². The van der Waals surface area contributed by atoms with Gasteiger partial charge in [0.2, 0.25) is 41.2 Å². The van der Waals surface area contributed by atoms with E-state index in [1.54, 1.807) is 24.3 Å². The van der Waals surface area contributed by atoms with Crippen LogP contribution in [0.25, 0.3) is 11.1 Å². The van der Waals surface area contributed by atoms with Crippen LogP contribution in [-0.4, -0.2) is 121 Å². The Labute approximate surface area is 581 Å². The molecule has 0 saturated carbocycles. The lowest BCUT2D eigenvalue weighted by Gasteiger charge is -2.31. The summed E-state index contributed by atoms with van der Waals surface area (Å²) in [5.74, 6) is -14.1. The summed E-state index contributed by atoms with van der Waals surface area (Å²) in [6.07, 6.45) is -2.15. The lowest BCUT2D eigenvalue weighted by Crippen LogP contribution is -2.55. The monoisotopic (exact) mass is 1410 g/mol. The SMILES string of the molecule is COC(=O)[C@H]1NC(=O)[C@H]2NC(=O)[C@H](NC(=O)[C@@H]3NC(=O)[C@H]4NC(=O)[C@@H](Cc5ccc(c(Cl)c5)Oc5cc3cc(c5OCCCCN3C(=O)c5ccccc5C3=O)Oc3ccc(cc3Cl)[C@H]2O)NC(=O)[C@@H](N)c2ccc(O)c(c2)Oc2cc(O)cc4c2)c2ccc(O)c(c2)-c2c(O)cc(O)cc21. The Kier molecular flexibility index (Phi) is 18.2. The highest BCUT2D eigenvalue weighted by molar-refractivity contribution is 6.32. The van der Waals surface area contributed by atoms with E-state index in [0.29, 0.717) is 5.56 Å². The smallest absolute Gasteiger partial charge is 0.333 e. The van der Waals surface area contributed by atoms with Gasteiger partial charge in [0.15, 0.2) is 29.0 Å². The minimum atomic E-state index is -2.19. The number of ether oxygens (including phenoxy) is 5. The standard InChI is InChI=1S/C71H58Cl2N8O20/c1-97-71(96)59-42-28-37(83)29-48(86)54(42)41-22-32(10-12-46(41)84)56-65(90)80-60(68(93)79-59)61(87)33-11-15-50(44(73)23-33)101-53-26-35-25-52(62(53)98-17-5-4-16-81-69(94)39-6-2-3-7-40(39)70(81)95)100-49-14-8-30(18-43(49)72)19-45-63(88)76-57(66(91)78-58(35)67(92)77-56)34-20-36(82)27-38(21-34)99-51-24-31(9-13-47(51)85)55(74)64(89)75-45/h2-3,6-15,18,20-29,45,55-61,82-87H,4-5,16-17,19,74H2,1H3,(H,75,89)(H,76,88)(H,77,92)(H,78,91)(H,79,93)(H,80,90)/t45-,55+,56-,57+,58-,59+,60+,61-/m1/s1. The highest BCUT2D eigenvalue weighted by atomic mass is 35.5. The summed E-state index contributed by atoms with van der Waals surface area (Å²) in [7, 11) is 0.965. The third-order valence-corrected chi connectivity index (χ3v) is 18.1. The molecule has 0 aromatic heterocycles. The number of nitrogens with two attached hydrogens (primary N) is 1. The predicted molar refractivity (Wildman–Crippen MR) is 354 cm³/mol. The molecule has 30 heteroatoms. The molecular formula is C71H58Cl2N8O20. The number of rotatable bonds is 7. The quantitative estimate of drug-likeness (QED) is 0.0442. The zero-order valence-corrected chi connectivity index (χ0v) is 54.1. The number of aromatic hydroxyl groups is 5. The van der Waals surface area contributed by atoms with Crippen LogP contribution in [0, 0.1) is 0 Å². The van der Waals surface area contributed by atoms with Crippen LogP contribution in [0.5, 0.6) is 69.0 Å². The number of carbonyl (C=O) groups is 9. The lowest BCUT2D eigenvalue weighted by molar-refractivity contribution is -0.146. The molecule has 0 unspecified atom stereocenters. The second kappa shape index (κ2) is 27.3. The predicted octanol–water partition coefficient (Wildman–Crippen LogP) is 6.82. The molecule has 0 fully saturated rings. The van der Waals surface area contributed by atoms with Crippen molar-refractivity contribution < 1.29 is 97.5 Å². The summed E-state index contributed by atoms with van der Waals surface area (Å²) < 4.78 is 31.0. The van der Waals surface area contributed by atoms with Gasteiger partial charge < -0.3 is 92.0 Å². The van der Waals surface area contributed by atoms with Gasteiger partial charge in [-0.05, 0) is 137 Å². The summed E-state index contributed by atoms with van der Waals surface area (Å²) in [6.45, 7) is -0.242. The molecule has 516 valence electrons. The second-order valence-electron chi connectivity index (χ2n) is 24.1. The molecule has 17 bridgehead atoms. The van der Waals surface area contributed by atoms with Crippen molar-refractivity contribution in [3.63, 3.8) is 0 Å². The largest absolute Gasteiger partial charge is 0.508 e. The minimum Gasteiger partial charge on any atom is -0.508 e. The van der Waals surface area contributed by atoms with Crippen molar-refractivity contribution in [2.75, 3.05) is 20.3 Å². The maximum atomic E-state index is 16.2. The zero-order chi connectivity index (χ0) is 71.4. The molecule has 0 aliphatic carbocycles. The Morgan fingerprint density at radius 3 is 1.80 bits per heavy atom. The fourth-order valence-electron chi connectivity index (χ4n) is 12.5. The molecule has 0 spiro atoms. The van der Waals surface area contributed by atoms with Crippen molar-refractivity contribution in [2.45, 2.75) is 67.7 Å². The van der Waals surface area contributed by atoms with E-state index in [2.05, 4.69) is 31.9 Å². The normalized spacial score (nSPS) is 20.9. The Hall–Kier alpha value is -12.1. The number of methoxy groups -OCH3 is 1. The van der Waals surface area contributed by atoms with E-state index in [1.165, 1.54) is 72.8 Å². The second-order valence-corrected chi connectivity index (χ2v) is 24.9. The van der Waals surface area contributed by atoms with Crippen molar-refractivity contribution in [1.82, 2.24) is 36.8 Å². The first kappa shape index (κ1) is 67.5. The molecule has 8 aromatic carbocycles. The zero-order valence-electron chi connectivity index (χ0n) is 52.6. The summed E-state index contributed by atoms with van der Waals surface area (Å²) in [5, 5.41) is 84.2. The van der Waals surface area contributed by atoms with Crippen molar-refractivity contribution in [2.24, 2.45) is 5.73 Å². The highest BCUT2D eigenvalue weighted by Gasteiger charge is 2.42. The first-order valence-corrected chi connectivity index (χ1v) is 31.9. The van der Waals surface area contributed by atoms with Gasteiger partial charge >= 0.3 is 5.97 Å². The third kappa shape index (κ3) is 13.3. The van der Waals surface area contributed by atoms with E-state index in [1.807, 2.05) is 0 Å². The number of imide groups is 1. The topological polar surface area (TPSA) is 423 Å². The van der Waals surface area contributed by atoms with E-state index in [-0.39, 0.29) is 133 Å². The minimum absolute atomic E-state index is 0.0282. The van der Waals surface area contributed by atoms with Gasteiger partial charge in [0.05, 0.1) is 34.9 Å². The molecule has 28 nitrogen and oxygen atoms in total. The van der Waals surface area contributed by atoms with Crippen LogP contribution in [-0.2, 0) is 44.7 Å². The highest BCUT2D eigenvalue weighted by Crippen LogP contribution is 2.49. The molecule has 14 N–H and O–H groups in total. The van der Waals surface area contributed by atoms with Gasteiger partial charge in [-0.25, -0.2) is 4.79 Å². The maximum absolute atomic E-state index is 16.2. The number of halogens is 2. The van der Waals surface area contributed by atoms with Crippen molar-refractivity contribution in [3.8, 4) is 80.1 Å². The summed E-state index contributed by atoms with van der Waals surface area (Å²) in [6, 6.07) is 15.6. The molecule has 7 aliphatic heterocycles. The lowest BCUT2D eigenvalue weighted by atomic mass is 9.89. The van der Waals surface area contributed by atoms with Crippen LogP contribution >= 0.6 is 23.2 Å². The molecule has 7 heterocycles. The Morgan fingerprint density at radius 2 is 1.13 bits per heavy atom. The fraction of sp³-hybridized carbons (Fsp3) is 0.197. The van der Waals surface area contributed by atoms with Gasteiger partial charge in [-0.15, -0.1) is 0 Å². The number of aliphatic hydroxyl groups excluding tert-OH is 1. The number of amides is 8. The molecule has 0 saturated heterocycles. The average Bonchev–Trinajstić information content (AvgIpc) is 1.75. The Bertz CT molecular complexity index is 4810. The number of nitrogens with zero attached hydrogens (tertiary/aromatic N) is 1. The number of hydrogen-bond donors (Lipinski definition) is 13. The average molecular weight is 1410 g/mol. The number of fused-ring (bicyclic) bond motifs is 15. The molecule has 0 radical (unpaired) electrons. The first-order valence-electron chi connectivity index (χ1n) is 31.2. The molecule has 8 atom stereocenters. The van der Waals surface area contributed by atoms with E-state index < -0.39 is 136 Å². The molecule has 7 aliphatic rings. The summed E-state index contributed by atoms with van der Waals surface area (Å²) >= 11 is 14.2. The van der Waals surface area contributed by atoms with E-state index in [9.17, 15) is 54.6 Å². The number of esters is 1. The van der Waals surface area contributed by atoms with Crippen LogP contribution in [0.2, 0.25) is 10.0 Å². The van der Waals surface area contributed by atoms with E-state index >= 15 is 19.2 Å². The molecule has 101 heavy (non-hydrogen) atoms. The molecule has 15 rings (SSSR count). The Morgan fingerprint density at radius 1 is 0.535 bits per heavy atom. The molecule has 8 amide bonds. The number of unbranched alkanes of at least 4 members (excludes halogenated alkanes) is 1. The number of hydrogen-bond acceptors (Lipinski definition) is 21. The Balaban J connectivity index is 1.01. The number of nitrogens with one attached hydrogen (secondary N) is 6. The van der Waals surface area contributed by atoms with Gasteiger partial charge in [-0.2, -0.15) is 0 Å². The number of benzene rings is 8. The maximum Gasteiger partial charge on any atom is 0.333 e. The number of carbonyl (C=O) groups excluding carboxylic acids is 9.